The number of benzene rings is 2. The fourth-order valence-corrected chi connectivity index (χ4v) is 5.93. The molecule has 1 fully saturated rings. The van der Waals surface area contributed by atoms with Gasteiger partial charge in [0.15, 0.2) is 11.6 Å². The predicted octanol–water partition coefficient (Wildman–Crippen LogP) is 4.76. The van der Waals surface area contributed by atoms with Crippen molar-refractivity contribution in [2.75, 3.05) is 6.26 Å². The van der Waals surface area contributed by atoms with E-state index >= 15 is 0 Å². The van der Waals surface area contributed by atoms with E-state index < -0.39 is 21.3 Å². The van der Waals surface area contributed by atoms with E-state index in [2.05, 4.69) is 34.8 Å². The first-order chi connectivity index (χ1) is 15.8. The lowest BCUT2D eigenvalue weighted by atomic mass is 9.62. The monoisotopic (exact) mass is 472 g/mol. The van der Waals surface area contributed by atoms with Crippen molar-refractivity contribution in [3.8, 4) is 16.9 Å². The molecule has 176 valence electrons. The van der Waals surface area contributed by atoms with Crippen molar-refractivity contribution in [1.29, 1.82) is 0 Å². The SMILES string of the molecule is CCCc1ccc2cc1-c1cccc(F)c1OCc1coc(n1)C1(C2)CC(NS(C)(=O)=O)C1.[HH]. The molecule has 0 atom stereocenters. The lowest BCUT2D eigenvalue weighted by Gasteiger charge is -2.45. The van der Waals surface area contributed by atoms with E-state index in [1.54, 1.807) is 12.3 Å². The number of hydrogen-bond donors (Lipinski definition) is 1. The summed E-state index contributed by atoms with van der Waals surface area (Å²) in [5.41, 5.74) is 4.07. The number of nitrogens with one attached hydrogen (secondary N) is 1. The van der Waals surface area contributed by atoms with E-state index in [0.29, 0.717) is 30.8 Å². The molecule has 6 nitrogen and oxygen atoms in total. The van der Waals surface area contributed by atoms with Crippen molar-refractivity contribution in [2.45, 2.75) is 57.1 Å². The van der Waals surface area contributed by atoms with E-state index in [1.165, 1.54) is 12.3 Å². The number of fused-ring (bicyclic) bond motifs is 7. The van der Waals surface area contributed by atoms with Crippen molar-refractivity contribution >= 4 is 10.0 Å². The molecule has 0 radical (unpaired) electrons. The molecule has 1 aliphatic heterocycles. The number of para-hydroxylation sites is 1. The minimum atomic E-state index is -3.30. The number of nitrogens with zero attached hydrogens (tertiary/aromatic N) is 1. The van der Waals surface area contributed by atoms with Crippen LogP contribution in [0.15, 0.2) is 47.1 Å². The third-order valence-electron chi connectivity index (χ3n) is 6.52. The van der Waals surface area contributed by atoms with Crippen molar-refractivity contribution < 1.29 is 23.4 Å². The van der Waals surface area contributed by atoms with Crippen LogP contribution >= 0.6 is 0 Å². The molecule has 0 amide bonds. The second-order valence-corrected chi connectivity index (χ2v) is 11.0. The van der Waals surface area contributed by atoms with Gasteiger partial charge < -0.3 is 9.15 Å². The Morgan fingerprint density at radius 3 is 2.82 bits per heavy atom. The molecule has 2 aliphatic rings. The molecule has 1 N–H and O–H groups in total. The third-order valence-corrected chi connectivity index (χ3v) is 7.28. The van der Waals surface area contributed by atoms with Crippen LogP contribution in [0.25, 0.3) is 11.1 Å². The molecule has 5 rings (SSSR count). The number of rotatable bonds is 4. The number of ether oxygens (including phenoxy) is 1. The highest BCUT2D eigenvalue weighted by atomic mass is 32.2. The van der Waals surface area contributed by atoms with Crippen LogP contribution in [0.3, 0.4) is 0 Å². The van der Waals surface area contributed by atoms with Gasteiger partial charge in [0.25, 0.3) is 0 Å². The second kappa shape index (κ2) is 8.25. The molecule has 4 bridgehead atoms. The summed E-state index contributed by atoms with van der Waals surface area (Å²) < 4.78 is 52.8. The lowest BCUT2D eigenvalue weighted by Crippen LogP contribution is -2.54. The van der Waals surface area contributed by atoms with Crippen molar-refractivity contribution in [2.24, 2.45) is 0 Å². The number of sulfonamides is 1. The molecule has 0 saturated heterocycles. The standard InChI is InChI=1S/C25H27FN2O4S.H2/c1-3-5-17-9-8-16-10-21(17)20-6-4-7-22(26)23(20)31-14-19-15-32-24(27-19)25(11-16)12-18(13-25)28-33(2,29)30;/h4,6-10,15,18,28H,3,5,11-14H2,1-2H3;1H. The van der Waals surface area contributed by atoms with Crippen LogP contribution in [0, 0.1) is 5.82 Å². The molecule has 33 heavy (non-hydrogen) atoms. The molecule has 1 spiro atoms. The maximum atomic E-state index is 14.8. The van der Waals surface area contributed by atoms with Crippen LogP contribution in [0.2, 0.25) is 0 Å². The first-order valence-electron chi connectivity index (χ1n) is 11.2. The third kappa shape index (κ3) is 4.29. The van der Waals surface area contributed by atoms with E-state index in [-0.39, 0.29) is 19.8 Å². The summed E-state index contributed by atoms with van der Waals surface area (Å²) in [4.78, 5) is 4.65. The Bertz CT molecular complexity index is 1300. The largest absolute Gasteiger partial charge is 0.483 e. The number of aromatic nitrogens is 1. The van der Waals surface area contributed by atoms with Crippen LogP contribution in [0.5, 0.6) is 5.75 Å². The zero-order valence-electron chi connectivity index (χ0n) is 18.7. The Morgan fingerprint density at radius 2 is 2.06 bits per heavy atom. The molecule has 1 aromatic heterocycles. The molecular formula is C25H29FN2O4S. The summed E-state index contributed by atoms with van der Waals surface area (Å²) in [7, 11) is -3.30. The summed E-state index contributed by atoms with van der Waals surface area (Å²) >= 11 is 0. The number of oxazole rings is 1. The maximum absolute atomic E-state index is 14.8. The summed E-state index contributed by atoms with van der Waals surface area (Å²) in [5.74, 6) is 0.375. The normalized spacial score (nSPS) is 22.0. The highest BCUT2D eigenvalue weighted by molar-refractivity contribution is 7.88. The van der Waals surface area contributed by atoms with Gasteiger partial charge in [0.1, 0.15) is 18.6 Å². The number of aryl methyl sites for hydroxylation is 1. The van der Waals surface area contributed by atoms with Crippen molar-refractivity contribution in [1.82, 2.24) is 9.71 Å². The van der Waals surface area contributed by atoms with E-state index in [1.807, 2.05) is 6.07 Å². The Labute approximate surface area is 194 Å². The van der Waals surface area contributed by atoms with Gasteiger partial charge in [0.2, 0.25) is 15.9 Å². The minimum absolute atomic E-state index is 0. The van der Waals surface area contributed by atoms with Gasteiger partial charge in [-0.25, -0.2) is 22.5 Å². The number of halogens is 1. The Balaban J connectivity index is 0.00000274. The van der Waals surface area contributed by atoms with Gasteiger partial charge in [-0.3, -0.25) is 0 Å². The highest BCUT2D eigenvalue weighted by Crippen LogP contribution is 2.47. The quantitative estimate of drug-likeness (QED) is 0.592. The summed E-state index contributed by atoms with van der Waals surface area (Å²) in [5, 5.41) is 0. The van der Waals surface area contributed by atoms with Gasteiger partial charge in [-0.15, -0.1) is 0 Å². The fraction of sp³-hybridized carbons (Fsp3) is 0.400. The average molecular weight is 473 g/mol. The van der Waals surface area contributed by atoms with E-state index in [0.717, 1.165) is 35.1 Å². The van der Waals surface area contributed by atoms with Crippen molar-refractivity contribution in [3.05, 3.63) is 71.2 Å². The van der Waals surface area contributed by atoms with Gasteiger partial charge in [0.05, 0.1) is 11.7 Å². The maximum Gasteiger partial charge on any atom is 0.208 e. The molecule has 3 aromatic rings. The fourth-order valence-electron chi connectivity index (χ4n) is 5.16. The van der Waals surface area contributed by atoms with Gasteiger partial charge in [-0.1, -0.05) is 43.7 Å². The lowest BCUT2D eigenvalue weighted by molar-refractivity contribution is 0.149. The average Bonchev–Trinajstić information content (AvgIpc) is 3.20. The van der Waals surface area contributed by atoms with Gasteiger partial charge >= 0.3 is 0 Å². The molecule has 0 unspecified atom stereocenters. The second-order valence-electron chi connectivity index (χ2n) is 9.24. The molecule has 1 saturated carbocycles. The van der Waals surface area contributed by atoms with Crippen LogP contribution in [0.1, 0.15) is 50.3 Å². The molecule has 1 aliphatic carbocycles. The Kier molecular flexibility index (Phi) is 5.53. The smallest absolute Gasteiger partial charge is 0.208 e. The van der Waals surface area contributed by atoms with Gasteiger partial charge in [-0.2, -0.15) is 0 Å². The zero-order valence-corrected chi connectivity index (χ0v) is 19.5. The summed E-state index contributed by atoms with van der Waals surface area (Å²) in [6.07, 6.45) is 6.41. The zero-order chi connectivity index (χ0) is 23.2. The Hall–Kier alpha value is -2.71. The molecule has 2 heterocycles. The molecular weight excluding hydrogens is 443 g/mol. The highest BCUT2D eigenvalue weighted by Gasteiger charge is 2.50. The van der Waals surface area contributed by atoms with Crippen LogP contribution in [0.4, 0.5) is 4.39 Å². The number of hydrogen-bond acceptors (Lipinski definition) is 5. The first kappa shape index (κ1) is 22.1. The van der Waals surface area contributed by atoms with Gasteiger partial charge in [0, 0.05) is 13.0 Å². The van der Waals surface area contributed by atoms with Crippen LogP contribution < -0.4 is 9.46 Å². The molecule has 2 aromatic carbocycles. The Morgan fingerprint density at radius 1 is 1.24 bits per heavy atom. The van der Waals surface area contributed by atoms with Gasteiger partial charge in [-0.05, 0) is 48.4 Å². The van der Waals surface area contributed by atoms with E-state index in [4.69, 9.17) is 9.15 Å². The predicted molar refractivity (Wildman–Crippen MR) is 125 cm³/mol. The van der Waals surface area contributed by atoms with Crippen LogP contribution in [-0.2, 0) is 34.9 Å². The van der Waals surface area contributed by atoms with Crippen LogP contribution in [-0.4, -0.2) is 25.7 Å². The van der Waals surface area contributed by atoms with Crippen molar-refractivity contribution in [3.63, 3.8) is 0 Å². The first-order valence-corrected chi connectivity index (χ1v) is 13.1. The minimum Gasteiger partial charge on any atom is -0.483 e. The van der Waals surface area contributed by atoms with E-state index in [9.17, 15) is 12.8 Å². The topological polar surface area (TPSA) is 81.4 Å². The summed E-state index contributed by atoms with van der Waals surface area (Å²) in [6.45, 7) is 2.21. The summed E-state index contributed by atoms with van der Waals surface area (Å²) in [6, 6.07) is 11.2. The molecule has 8 heteroatoms.